The molecule has 1 saturated carbocycles. The molecule has 0 saturated heterocycles. The maximum Gasteiger partial charge on any atom is 0.204 e. The summed E-state index contributed by atoms with van der Waals surface area (Å²) in [4.78, 5) is 12.1. The van der Waals surface area contributed by atoms with E-state index in [1.54, 1.807) is 14.2 Å². The molecule has 0 aromatic heterocycles. The third kappa shape index (κ3) is 2.86. The third-order valence-corrected chi connectivity index (χ3v) is 5.03. The van der Waals surface area contributed by atoms with Gasteiger partial charge in [0.05, 0.1) is 20.8 Å². The predicted molar refractivity (Wildman–Crippen MR) is 95.9 cm³/mol. The first-order valence-electron chi connectivity index (χ1n) is 8.76. The van der Waals surface area contributed by atoms with Crippen molar-refractivity contribution in [3.05, 3.63) is 41.5 Å². The van der Waals surface area contributed by atoms with E-state index in [1.807, 2.05) is 30.3 Å². The Morgan fingerprint density at radius 2 is 1.72 bits per heavy atom. The van der Waals surface area contributed by atoms with Gasteiger partial charge in [0.1, 0.15) is 0 Å². The minimum Gasteiger partial charge on any atom is -0.493 e. The molecule has 130 valence electrons. The van der Waals surface area contributed by atoms with Gasteiger partial charge in [0, 0.05) is 17.5 Å². The molecule has 0 radical (unpaired) electrons. The van der Waals surface area contributed by atoms with Crippen LogP contribution in [0, 0.1) is 5.92 Å². The average molecular weight is 338 g/mol. The molecule has 4 rings (SSSR count). The zero-order chi connectivity index (χ0) is 17.4. The number of ether oxygens (including phenoxy) is 3. The van der Waals surface area contributed by atoms with E-state index in [9.17, 15) is 4.79 Å². The molecule has 1 fully saturated rings. The van der Waals surface area contributed by atoms with Gasteiger partial charge in [0.15, 0.2) is 17.3 Å². The van der Waals surface area contributed by atoms with Crippen molar-refractivity contribution < 1.29 is 19.0 Å². The quantitative estimate of drug-likeness (QED) is 0.788. The molecule has 2 aromatic carbocycles. The largest absolute Gasteiger partial charge is 0.493 e. The fourth-order valence-electron chi connectivity index (χ4n) is 3.49. The van der Waals surface area contributed by atoms with E-state index in [1.165, 1.54) is 12.8 Å². The lowest BCUT2D eigenvalue weighted by molar-refractivity contribution is 0.0994. The van der Waals surface area contributed by atoms with Gasteiger partial charge in [-0.15, -0.1) is 0 Å². The minimum atomic E-state index is 0.217. The first-order chi connectivity index (χ1) is 12.2. The van der Waals surface area contributed by atoms with E-state index >= 15 is 0 Å². The molecular formula is C21H22O4. The summed E-state index contributed by atoms with van der Waals surface area (Å²) in [6, 6.07) is 9.79. The zero-order valence-corrected chi connectivity index (χ0v) is 14.6. The monoisotopic (exact) mass is 338 g/mol. The van der Waals surface area contributed by atoms with E-state index < -0.39 is 0 Å². The summed E-state index contributed by atoms with van der Waals surface area (Å²) in [5.41, 5.74) is 3.92. The Balaban J connectivity index is 1.82. The Morgan fingerprint density at radius 3 is 2.44 bits per heavy atom. The lowest BCUT2D eigenvalue weighted by Gasteiger charge is -2.19. The zero-order valence-electron chi connectivity index (χ0n) is 14.6. The van der Waals surface area contributed by atoms with Gasteiger partial charge in [-0.2, -0.15) is 0 Å². The maximum atomic E-state index is 12.1. The maximum absolute atomic E-state index is 12.1. The SMILES string of the molecule is COc1ccc(-c2cccc3c2CCC3=O)c(OC)c1OCC1CC1. The van der Waals surface area contributed by atoms with Crippen LogP contribution in [0.4, 0.5) is 0 Å². The van der Waals surface area contributed by atoms with Gasteiger partial charge in [0.25, 0.3) is 0 Å². The van der Waals surface area contributed by atoms with Gasteiger partial charge in [-0.25, -0.2) is 0 Å². The summed E-state index contributed by atoms with van der Waals surface area (Å²) < 4.78 is 17.3. The van der Waals surface area contributed by atoms with Crippen molar-refractivity contribution in [2.24, 2.45) is 5.92 Å². The first-order valence-corrected chi connectivity index (χ1v) is 8.76. The molecule has 4 nitrogen and oxygen atoms in total. The van der Waals surface area contributed by atoms with E-state index in [2.05, 4.69) is 0 Å². The molecule has 2 aliphatic carbocycles. The molecule has 0 amide bonds. The number of fused-ring (bicyclic) bond motifs is 1. The molecule has 2 aliphatic rings. The van der Waals surface area contributed by atoms with Gasteiger partial charge >= 0.3 is 0 Å². The molecule has 0 heterocycles. The van der Waals surface area contributed by atoms with Crippen LogP contribution in [0.3, 0.4) is 0 Å². The van der Waals surface area contributed by atoms with Crippen molar-refractivity contribution in [2.45, 2.75) is 25.7 Å². The highest BCUT2D eigenvalue weighted by atomic mass is 16.5. The molecule has 2 aromatic rings. The topological polar surface area (TPSA) is 44.8 Å². The van der Waals surface area contributed by atoms with Crippen molar-refractivity contribution in [3.63, 3.8) is 0 Å². The summed E-state index contributed by atoms with van der Waals surface area (Å²) in [5, 5.41) is 0. The van der Waals surface area contributed by atoms with E-state index in [0.29, 0.717) is 36.2 Å². The Kier molecular flexibility index (Phi) is 4.12. The second-order valence-corrected chi connectivity index (χ2v) is 6.69. The van der Waals surface area contributed by atoms with Gasteiger partial charge in [-0.1, -0.05) is 18.2 Å². The molecule has 0 bridgehead atoms. The smallest absolute Gasteiger partial charge is 0.204 e. The summed E-state index contributed by atoms with van der Waals surface area (Å²) in [6.45, 7) is 0.682. The Labute approximate surface area is 147 Å². The molecule has 0 spiro atoms. The summed E-state index contributed by atoms with van der Waals surface area (Å²) in [6.07, 6.45) is 3.80. The highest BCUT2D eigenvalue weighted by molar-refractivity contribution is 6.02. The van der Waals surface area contributed by atoms with Gasteiger partial charge in [-0.05, 0) is 48.4 Å². The number of methoxy groups -OCH3 is 2. The number of hydrogen-bond donors (Lipinski definition) is 0. The highest BCUT2D eigenvalue weighted by Gasteiger charge is 2.27. The van der Waals surface area contributed by atoms with E-state index in [4.69, 9.17) is 14.2 Å². The van der Waals surface area contributed by atoms with Crippen LogP contribution in [0.15, 0.2) is 30.3 Å². The average Bonchev–Trinajstić information content (AvgIpc) is 3.40. The first kappa shape index (κ1) is 16.0. The highest BCUT2D eigenvalue weighted by Crippen LogP contribution is 2.47. The lowest BCUT2D eigenvalue weighted by Crippen LogP contribution is -2.04. The Hall–Kier alpha value is -2.49. The number of carbonyl (C=O) groups excluding carboxylic acids is 1. The number of benzene rings is 2. The van der Waals surface area contributed by atoms with Gasteiger partial charge in [-0.3, -0.25) is 4.79 Å². The second-order valence-electron chi connectivity index (χ2n) is 6.69. The van der Waals surface area contributed by atoms with Crippen LogP contribution in [0.5, 0.6) is 17.2 Å². The van der Waals surface area contributed by atoms with Crippen LogP contribution in [-0.2, 0) is 6.42 Å². The molecule has 0 unspecified atom stereocenters. The van der Waals surface area contributed by atoms with Crippen molar-refractivity contribution in [1.29, 1.82) is 0 Å². The van der Waals surface area contributed by atoms with Crippen molar-refractivity contribution in [2.75, 3.05) is 20.8 Å². The van der Waals surface area contributed by atoms with Crippen molar-refractivity contribution in [3.8, 4) is 28.4 Å². The fourth-order valence-corrected chi connectivity index (χ4v) is 3.49. The van der Waals surface area contributed by atoms with Crippen LogP contribution in [-0.4, -0.2) is 26.6 Å². The van der Waals surface area contributed by atoms with Crippen LogP contribution < -0.4 is 14.2 Å². The molecule has 0 atom stereocenters. The van der Waals surface area contributed by atoms with Crippen molar-refractivity contribution in [1.82, 2.24) is 0 Å². The lowest BCUT2D eigenvalue weighted by atomic mass is 9.95. The molecule has 4 heteroatoms. The number of hydrogen-bond acceptors (Lipinski definition) is 4. The van der Waals surface area contributed by atoms with E-state index in [-0.39, 0.29) is 5.78 Å². The molecule has 0 N–H and O–H groups in total. The Morgan fingerprint density at radius 1 is 0.920 bits per heavy atom. The van der Waals surface area contributed by atoms with Gasteiger partial charge in [0.2, 0.25) is 5.75 Å². The number of ketones is 1. The summed E-state index contributed by atoms with van der Waals surface area (Å²) in [7, 11) is 3.29. The Bertz CT molecular complexity index is 821. The standard InChI is InChI=1S/C21H22O4/c1-23-19-11-9-17(20(24-2)21(19)25-12-13-6-7-13)14-4-3-5-16-15(14)8-10-18(16)22/h3-5,9,11,13H,6-8,10,12H2,1-2H3. The van der Waals surface area contributed by atoms with Crippen LogP contribution in [0.1, 0.15) is 35.2 Å². The van der Waals surface area contributed by atoms with Gasteiger partial charge < -0.3 is 14.2 Å². The van der Waals surface area contributed by atoms with Crippen molar-refractivity contribution >= 4 is 5.78 Å². The summed E-state index contributed by atoms with van der Waals surface area (Å²) in [5.74, 6) is 2.85. The van der Waals surface area contributed by atoms with E-state index in [0.717, 1.165) is 28.7 Å². The molecular weight excluding hydrogens is 316 g/mol. The number of carbonyl (C=O) groups is 1. The summed E-state index contributed by atoms with van der Waals surface area (Å²) >= 11 is 0. The second kappa shape index (κ2) is 6.43. The minimum absolute atomic E-state index is 0.217. The van der Waals surface area contributed by atoms with Crippen LogP contribution >= 0.6 is 0 Å². The fraction of sp³-hybridized carbons (Fsp3) is 0.381. The number of rotatable bonds is 6. The molecule has 0 aliphatic heterocycles. The molecule has 25 heavy (non-hydrogen) atoms. The van der Waals surface area contributed by atoms with Crippen LogP contribution in [0.2, 0.25) is 0 Å². The number of Topliss-reactive ketones (excluding diaryl/α,β-unsaturated/α-hetero) is 1. The third-order valence-electron chi connectivity index (χ3n) is 5.03. The normalized spacial score (nSPS) is 15.8. The predicted octanol–water partition coefficient (Wildman–Crippen LogP) is 4.29. The van der Waals surface area contributed by atoms with Crippen LogP contribution in [0.25, 0.3) is 11.1 Å².